The Morgan fingerprint density at radius 1 is 1.12 bits per heavy atom. The highest BCUT2D eigenvalue weighted by Gasteiger charge is 2.63. The fourth-order valence-electron chi connectivity index (χ4n) is 7.09. The van der Waals surface area contributed by atoms with Crippen LogP contribution in [0.5, 0.6) is 5.75 Å². The van der Waals surface area contributed by atoms with E-state index in [0.29, 0.717) is 17.7 Å². The van der Waals surface area contributed by atoms with Crippen LogP contribution in [0.3, 0.4) is 0 Å². The number of phenols is 1. The highest BCUT2D eigenvalue weighted by Crippen LogP contribution is 2.54. The van der Waals surface area contributed by atoms with Crippen LogP contribution in [0, 0.1) is 11.8 Å². The van der Waals surface area contributed by atoms with Crippen LogP contribution in [0.15, 0.2) is 22.7 Å². The molecule has 1 fully saturated rings. The van der Waals surface area contributed by atoms with Gasteiger partial charge in [-0.1, -0.05) is 24.4 Å². The number of aliphatic hydroxyl groups is 3. The second-order valence-corrected chi connectivity index (χ2v) is 11.9. The van der Waals surface area contributed by atoms with E-state index in [9.17, 15) is 34.8 Å². The molecule has 1 amide bonds. The van der Waals surface area contributed by atoms with Gasteiger partial charge in [0.05, 0.1) is 22.3 Å². The van der Waals surface area contributed by atoms with Crippen molar-refractivity contribution >= 4 is 34.8 Å². The van der Waals surface area contributed by atoms with Crippen LogP contribution in [0.4, 0.5) is 5.69 Å². The zero-order valence-corrected chi connectivity index (χ0v) is 23.3. The molecule has 8 N–H and O–H groups in total. The lowest BCUT2D eigenvalue weighted by Gasteiger charge is -2.50. The molecule has 0 aromatic heterocycles. The van der Waals surface area contributed by atoms with Crippen molar-refractivity contribution < 1.29 is 34.8 Å². The minimum Gasteiger partial charge on any atom is -0.510 e. The number of likely N-dealkylation sites (tertiary alicyclic amines) is 1. The first kappa shape index (κ1) is 28.4. The van der Waals surface area contributed by atoms with Crippen molar-refractivity contribution in [1.82, 2.24) is 9.80 Å². The predicted molar refractivity (Wildman–Crippen MR) is 147 cm³/mol. The number of aliphatic hydroxyl groups excluding tert-OH is 2. The summed E-state index contributed by atoms with van der Waals surface area (Å²) in [4.78, 5) is 43.1. The Morgan fingerprint density at radius 3 is 2.33 bits per heavy atom. The molecule has 5 rings (SSSR count). The molecular formula is C28H35ClN4O7. The van der Waals surface area contributed by atoms with Gasteiger partial charge in [0.1, 0.15) is 22.8 Å². The molecule has 40 heavy (non-hydrogen) atoms. The lowest BCUT2D eigenvalue weighted by Crippen LogP contribution is -2.63. The van der Waals surface area contributed by atoms with Gasteiger partial charge in [-0.15, -0.1) is 0 Å². The number of amides is 1. The summed E-state index contributed by atoms with van der Waals surface area (Å²) < 4.78 is 0. The van der Waals surface area contributed by atoms with Gasteiger partial charge < -0.3 is 31.9 Å². The molecular weight excluding hydrogens is 540 g/mol. The Hall–Kier alpha value is -3.12. The number of rotatable bonds is 4. The number of phenolic OH excluding ortho intramolecular Hbond substituents is 1. The molecule has 3 aliphatic carbocycles. The summed E-state index contributed by atoms with van der Waals surface area (Å²) in [5, 5.41) is 45.4. The molecule has 0 spiro atoms. The number of ketones is 2. The van der Waals surface area contributed by atoms with Gasteiger partial charge in [-0.2, -0.15) is 0 Å². The van der Waals surface area contributed by atoms with Gasteiger partial charge in [0.15, 0.2) is 11.4 Å². The number of aromatic hydroxyl groups is 1. The lowest BCUT2D eigenvalue weighted by atomic mass is 9.58. The molecule has 12 heteroatoms. The lowest BCUT2D eigenvalue weighted by molar-refractivity contribution is -0.148. The summed E-state index contributed by atoms with van der Waals surface area (Å²) in [5.41, 5.74) is 8.61. The molecule has 216 valence electrons. The summed E-state index contributed by atoms with van der Waals surface area (Å²) in [6, 6.07) is -1.06. The number of nitrogen functional groups attached to an aromatic ring is 1. The van der Waals surface area contributed by atoms with Crippen molar-refractivity contribution in [2.45, 2.75) is 56.7 Å². The summed E-state index contributed by atoms with van der Waals surface area (Å²) >= 11 is 6.88. The van der Waals surface area contributed by atoms with E-state index in [0.717, 1.165) is 38.8 Å². The van der Waals surface area contributed by atoms with Crippen molar-refractivity contribution in [1.29, 1.82) is 0 Å². The predicted octanol–water partition coefficient (Wildman–Crippen LogP) is 1.73. The fraction of sp³-hybridized carbons (Fsp3) is 0.536. The highest BCUT2D eigenvalue weighted by atomic mass is 35.5. The standard InChI is InChI=1S/C28H35ClN4O7/c1-32(2)21-15-10-12-9-13-17(23(35)20(30)14(19(13)29)11-33-7-5-3-4-6-8-33)22(34)16(12)25(37)28(15,40)26(38)18(24(21)36)27(31)39/h12,15,21,35-37,40H,3-11,30H2,1-2H3,(H2,31,39)/t12-,15-,21-,28-/m0/s1. The van der Waals surface area contributed by atoms with Crippen molar-refractivity contribution in [2.75, 3.05) is 32.9 Å². The van der Waals surface area contributed by atoms with E-state index in [-0.39, 0.29) is 34.7 Å². The Balaban J connectivity index is 1.64. The molecule has 4 aliphatic rings. The van der Waals surface area contributed by atoms with Gasteiger partial charge in [-0.25, -0.2) is 0 Å². The molecule has 0 saturated carbocycles. The number of fused-ring (bicyclic) bond motifs is 3. The number of primary amides is 1. The smallest absolute Gasteiger partial charge is 0.255 e. The molecule has 1 aliphatic heterocycles. The number of carbonyl (C=O) groups excluding carboxylic acids is 3. The van der Waals surface area contributed by atoms with Crippen molar-refractivity contribution in [3.63, 3.8) is 0 Å². The van der Waals surface area contributed by atoms with E-state index < -0.39 is 63.8 Å². The first-order chi connectivity index (χ1) is 18.8. The molecule has 4 atom stereocenters. The van der Waals surface area contributed by atoms with Crippen molar-refractivity contribution in [3.8, 4) is 5.75 Å². The SMILES string of the molecule is CN(C)[C@@H]1C(O)=C(C(N)=O)C(=O)[C@@]2(O)C(O)=C3C(=O)c4c(O)c(N)c(CN5CCCCCC5)c(Cl)c4C[C@H]3C[C@@H]12. The fourth-order valence-corrected chi connectivity index (χ4v) is 7.42. The highest BCUT2D eigenvalue weighted by molar-refractivity contribution is 6.34. The van der Waals surface area contributed by atoms with Crippen LogP contribution >= 0.6 is 11.6 Å². The minimum absolute atomic E-state index is 0.00527. The van der Waals surface area contributed by atoms with Crippen molar-refractivity contribution in [2.24, 2.45) is 17.6 Å². The van der Waals surface area contributed by atoms with E-state index in [2.05, 4.69) is 4.90 Å². The maximum absolute atomic E-state index is 13.9. The Morgan fingerprint density at radius 2 is 1.75 bits per heavy atom. The van der Waals surface area contributed by atoms with Gasteiger partial charge >= 0.3 is 0 Å². The molecule has 1 heterocycles. The van der Waals surface area contributed by atoms with Crippen LogP contribution in [-0.2, 0) is 22.6 Å². The number of allylic oxidation sites excluding steroid dienone is 1. The molecule has 0 unspecified atom stereocenters. The summed E-state index contributed by atoms with van der Waals surface area (Å²) in [7, 11) is 3.17. The Kier molecular flexibility index (Phi) is 7.14. The molecule has 0 radical (unpaired) electrons. The van der Waals surface area contributed by atoms with E-state index >= 15 is 0 Å². The number of carbonyl (C=O) groups is 3. The number of hydrogen-bond acceptors (Lipinski definition) is 10. The third-order valence-electron chi connectivity index (χ3n) is 9.04. The van der Waals surface area contributed by atoms with Crippen LogP contribution in [-0.4, -0.2) is 86.5 Å². The number of Topliss-reactive ketones (excluding diaryl/α,β-unsaturated/α-hetero) is 2. The van der Waals surface area contributed by atoms with Crippen LogP contribution in [0.2, 0.25) is 5.02 Å². The Labute approximate surface area is 236 Å². The van der Waals surface area contributed by atoms with Gasteiger partial charge in [-0.3, -0.25) is 24.2 Å². The van der Waals surface area contributed by atoms with Crippen LogP contribution in [0.1, 0.15) is 53.6 Å². The zero-order valence-electron chi connectivity index (χ0n) is 22.5. The third kappa shape index (κ3) is 4.01. The maximum atomic E-state index is 13.9. The second-order valence-electron chi connectivity index (χ2n) is 11.6. The number of nitrogens with zero attached hydrogens (tertiary/aromatic N) is 2. The van der Waals surface area contributed by atoms with Crippen molar-refractivity contribution in [3.05, 3.63) is 44.4 Å². The Bertz CT molecular complexity index is 1380. The number of anilines is 1. The van der Waals surface area contributed by atoms with E-state index in [1.54, 1.807) is 14.1 Å². The van der Waals surface area contributed by atoms with Crippen LogP contribution in [0.25, 0.3) is 0 Å². The quantitative estimate of drug-likeness (QED) is 0.175. The number of hydrogen-bond donors (Lipinski definition) is 6. The maximum Gasteiger partial charge on any atom is 0.255 e. The van der Waals surface area contributed by atoms with Gasteiger partial charge in [0.25, 0.3) is 5.91 Å². The van der Waals surface area contributed by atoms with Gasteiger partial charge in [-0.05, 0) is 64.3 Å². The minimum atomic E-state index is -2.69. The van der Waals surface area contributed by atoms with E-state index in [4.69, 9.17) is 23.1 Å². The molecule has 1 aromatic carbocycles. The number of halogens is 1. The first-order valence-corrected chi connectivity index (χ1v) is 13.9. The van der Waals surface area contributed by atoms with E-state index in [1.165, 1.54) is 4.90 Å². The monoisotopic (exact) mass is 574 g/mol. The number of likely N-dealkylation sites (N-methyl/N-ethyl adjacent to an activating group) is 1. The summed E-state index contributed by atoms with van der Waals surface area (Å²) in [5.74, 6) is -7.15. The zero-order chi connectivity index (χ0) is 29.3. The number of nitrogens with two attached hydrogens (primary N) is 2. The third-order valence-corrected chi connectivity index (χ3v) is 9.50. The summed E-state index contributed by atoms with van der Waals surface area (Å²) in [6.45, 7) is 2.13. The second kappa shape index (κ2) is 10.1. The first-order valence-electron chi connectivity index (χ1n) is 13.5. The summed E-state index contributed by atoms with van der Waals surface area (Å²) in [6.07, 6.45) is 4.47. The van der Waals surface area contributed by atoms with Crippen LogP contribution < -0.4 is 11.5 Å². The van der Waals surface area contributed by atoms with E-state index in [1.807, 2.05) is 0 Å². The molecule has 11 nitrogen and oxygen atoms in total. The molecule has 1 aromatic rings. The largest absolute Gasteiger partial charge is 0.510 e. The average Bonchev–Trinajstić information content (AvgIpc) is 3.15. The number of benzene rings is 1. The molecule has 1 saturated heterocycles. The van der Waals surface area contributed by atoms with Gasteiger partial charge in [0, 0.05) is 23.6 Å². The average molecular weight is 575 g/mol. The molecule has 0 bridgehead atoms. The normalized spacial score (nSPS) is 29.3. The topological polar surface area (TPSA) is 191 Å². The van der Waals surface area contributed by atoms with Gasteiger partial charge in [0.2, 0.25) is 5.78 Å².